The monoisotopic (exact) mass is 1530 g/mol. The molecule has 13 atom stereocenters. The van der Waals surface area contributed by atoms with Crippen LogP contribution in [0.5, 0.6) is 0 Å². The Kier molecular flexibility index (Phi) is 33.5. The van der Waals surface area contributed by atoms with Crippen molar-refractivity contribution in [1.29, 1.82) is 0 Å². The highest BCUT2D eigenvalue weighted by molar-refractivity contribution is 7.80. The number of benzene rings is 4. The zero-order chi connectivity index (χ0) is 78.2. The van der Waals surface area contributed by atoms with Gasteiger partial charge >= 0.3 is 5.97 Å². The van der Waals surface area contributed by atoms with Crippen molar-refractivity contribution in [3.05, 3.63) is 180 Å². The van der Waals surface area contributed by atoms with Gasteiger partial charge in [-0.15, -0.1) is 0 Å². The number of aliphatic carboxylic acids is 1. The Hall–Kier alpha value is -11.0. The molecule has 578 valence electrons. The van der Waals surface area contributed by atoms with Crippen LogP contribution >= 0.6 is 25.3 Å². The van der Waals surface area contributed by atoms with Crippen molar-refractivity contribution in [2.75, 3.05) is 24.7 Å². The van der Waals surface area contributed by atoms with Crippen LogP contribution in [0.4, 0.5) is 0 Å². The summed E-state index contributed by atoms with van der Waals surface area (Å²) in [4.78, 5) is 187. The van der Waals surface area contributed by atoms with Crippen LogP contribution in [0.3, 0.4) is 0 Å². The van der Waals surface area contributed by atoms with Crippen molar-refractivity contribution in [3.63, 3.8) is 0 Å². The fourth-order valence-corrected chi connectivity index (χ4v) is 12.0. The molecule has 0 bridgehead atoms. The lowest BCUT2D eigenvalue weighted by molar-refractivity contribution is -0.142. The number of nitrogens with one attached hydrogen (secondary N) is 14. The predicted molar refractivity (Wildman–Crippen MR) is 402 cm³/mol. The van der Waals surface area contributed by atoms with Crippen LogP contribution in [0, 0.1) is 0 Å². The number of thiol groups is 2. The lowest BCUT2D eigenvalue weighted by Gasteiger charge is -2.29. The van der Waals surface area contributed by atoms with E-state index in [0.29, 0.717) is 51.0 Å². The number of aliphatic hydroxyl groups is 3. The number of aliphatic hydroxyl groups excluding tert-OH is 3. The molecule has 35 heteroatoms. The number of aromatic nitrogens is 5. The highest BCUT2D eigenvalue weighted by Crippen LogP contribution is 2.21. The maximum Gasteiger partial charge on any atom is 0.327 e. The molecule has 11 amide bonds. The summed E-state index contributed by atoms with van der Waals surface area (Å²) in [7, 11) is 0. The average molecular weight is 1530 g/mol. The standard InChI is InChI=1S/C73H93N17O16S2/c1-41(92)61(71(103)86-54(30-45-20-10-5-11-21-45)69(101)90-62(42(2)93)72(104)87-58(37-91)70(102)88-59(38-108)73(105)106)89-63(95)51(24-14-15-26-74)81-66(98)55(31-46-34-77-50-23-13-12-22-49(46)50)84-65(97)53(29-44-18-8-4-9-19-44)82-64(96)52(28-43-16-6-3-7-17-43)83-68(100)57(33-48-36-76-40-79-48)85-67(99)56(80-60(94)25-27-107)32-47-35-75-39-78-47/h3-13,16-23,34-36,39-42,51-59,61-62,77,91-93,107-108H,14-15,24-33,37-38,74H2,1-2H3,(H,75,78)(H,76,79)(H,80,94)(H,81,98)(H,82,96)(H,83,100)(H,84,97)(H,85,99)(H,86,103)(H,87,104)(H,88,102)(H,89,95)(H,90,101)(H,105,106)/t41?,42?,51-,52-,53-,54-,55+,56-,57-,58-,59-,61-,62-/m0/s1. The fraction of sp³-hybridized carbons (Fsp3) is 0.397. The van der Waals surface area contributed by atoms with Gasteiger partial charge in [-0.25, -0.2) is 14.8 Å². The number of carboxylic acids is 1. The van der Waals surface area contributed by atoms with Gasteiger partial charge in [-0.3, -0.25) is 52.7 Å². The van der Waals surface area contributed by atoms with Crippen LogP contribution in [0.1, 0.15) is 73.2 Å². The number of H-pyrrole nitrogens is 3. The number of nitrogens with two attached hydrogens (primary N) is 1. The van der Waals surface area contributed by atoms with Gasteiger partial charge in [0.15, 0.2) is 0 Å². The largest absolute Gasteiger partial charge is 0.480 e. The van der Waals surface area contributed by atoms with Gasteiger partial charge in [-0.05, 0) is 73.7 Å². The van der Waals surface area contributed by atoms with E-state index < -0.39 is 156 Å². The van der Waals surface area contributed by atoms with E-state index in [4.69, 9.17) is 5.73 Å². The second-order valence-corrected chi connectivity index (χ2v) is 26.5. The summed E-state index contributed by atoms with van der Waals surface area (Å²) in [6.45, 7) is 1.40. The first-order valence-electron chi connectivity index (χ1n) is 35.0. The first kappa shape index (κ1) is 84.3. The maximum absolute atomic E-state index is 15.4. The Bertz CT molecular complexity index is 4100. The smallest absolute Gasteiger partial charge is 0.327 e. The van der Waals surface area contributed by atoms with E-state index in [1.54, 1.807) is 128 Å². The lowest BCUT2D eigenvalue weighted by Crippen LogP contribution is -2.63. The molecule has 4 aromatic carbocycles. The molecule has 3 aromatic heterocycles. The van der Waals surface area contributed by atoms with Gasteiger partial charge in [0.2, 0.25) is 65.0 Å². The van der Waals surface area contributed by atoms with E-state index in [1.165, 1.54) is 25.8 Å². The number of aromatic amines is 3. The Morgan fingerprint density at radius 3 is 1.21 bits per heavy atom. The van der Waals surface area contributed by atoms with Crippen molar-refractivity contribution >= 4 is 107 Å². The summed E-state index contributed by atoms with van der Waals surface area (Å²) in [6.07, 6.45) is 3.34. The molecule has 2 unspecified atom stereocenters. The molecule has 0 saturated carbocycles. The molecule has 7 aromatic rings. The molecule has 7 rings (SSSR count). The molecular weight excluding hydrogens is 1440 g/mol. The highest BCUT2D eigenvalue weighted by atomic mass is 32.1. The molecule has 0 aliphatic rings. The molecule has 33 nitrogen and oxygen atoms in total. The van der Waals surface area contributed by atoms with Crippen molar-refractivity contribution in [2.24, 2.45) is 5.73 Å². The number of amides is 11. The van der Waals surface area contributed by atoms with Crippen LogP contribution in [-0.4, -0.2) is 220 Å². The van der Waals surface area contributed by atoms with E-state index in [-0.39, 0.29) is 75.8 Å². The van der Waals surface area contributed by atoms with E-state index in [2.05, 4.69) is 109 Å². The quantitative estimate of drug-likeness (QED) is 0.0144. The average Bonchev–Trinajstić information content (AvgIpc) is 1.64. The summed E-state index contributed by atoms with van der Waals surface area (Å²) >= 11 is 8.06. The number of carbonyl (C=O) groups is 12. The molecule has 20 N–H and O–H groups in total. The normalized spacial score (nSPS) is 14.8. The number of carboxylic acid groups (broad SMARTS) is 1. The molecular formula is C73H93N17O16S2. The third-order valence-electron chi connectivity index (χ3n) is 17.4. The van der Waals surface area contributed by atoms with Crippen LogP contribution in [-0.2, 0) is 96.1 Å². The number of hydrogen-bond donors (Lipinski definition) is 21. The van der Waals surface area contributed by atoms with Crippen molar-refractivity contribution in [2.45, 2.75) is 157 Å². The Morgan fingerprint density at radius 1 is 0.435 bits per heavy atom. The molecule has 0 saturated heterocycles. The van der Waals surface area contributed by atoms with Gasteiger partial charge in [-0.2, -0.15) is 25.3 Å². The minimum Gasteiger partial charge on any atom is -0.480 e. The van der Waals surface area contributed by atoms with Crippen molar-refractivity contribution in [3.8, 4) is 0 Å². The lowest BCUT2D eigenvalue weighted by atomic mass is 10.00. The number of unbranched alkanes of at least 4 members (excludes halogenated alkanes) is 1. The van der Waals surface area contributed by atoms with Gasteiger partial charge in [0.05, 0.1) is 42.9 Å². The molecule has 0 spiro atoms. The second-order valence-electron chi connectivity index (χ2n) is 25.7. The predicted octanol–water partition coefficient (Wildman–Crippen LogP) is -2.08. The number of rotatable bonds is 44. The minimum atomic E-state index is -1.88. The number of carbonyl (C=O) groups excluding carboxylic acids is 11. The van der Waals surface area contributed by atoms with Crippen LogP contribution in [0.25, 0.3) is 10.9 Å². The molecule has 0 radical (unpaired) electrons. The van der Waals surface area contributed by atoms with Gasteiger partial charge in [0.25, 0.3) is 0 Å². The third-order valence-corrected chi connectivity index (χ3v) is 17.9. The van der Waals surface area contributed by atoms with Gasteiger partial charge < -0.3 is 99.6 Å². The first-order chi connectivity index (χ1) is 51.9. The summed E-state index contributed by atoms with van der Waals surface area (Å²) in [5.74, 6) is -12.0. The zero-order valence-electron chi connectivity index (χ0n) is 59.3. The Labute approximate surface area is 632 Å². The van der Waals surface area contributed by atoms with E-state index >= 15 is 14.4 Å². The maximum atomic E-state index is 15.4. The van der Waals surface area contributed by atoms with Crippen molar-refractivity contribution in [1.82, 2.24) is 83.4 Å². The van der Waals surface area contributed by atoms with Gasteiger partial charge in [0.1, 0.15) is 66.5 Å². The van der Waals surface area contributed by atoms with Gasteiger partial charge in [-0.1, -0.05) is 109 Å². The van der Waals surface area contributed by atoms with Gasteiger partial charge in [0, 0.05) is 80.2 Å². The highest BCUT2D eigenvalue weighted by Gasteiger charge is 2.39. The van der Waals surface area contributed by atoms with Crippen LogP contribution in [0.15, 0.2) is 147 Å². The van der Waals surface area contributed by atoms with Crippen LogP contribution in [0.2, 0.25) is 0 Å². The van der Waals surface area contributed by atoms with E-state index in [9.17, 15) is 63.6 Å². The van der Waals surface area contributed by atoms with E-state index in [0.717, 1.165) is 6.92 Å². The molecule has 3 heterocycles. The van der Waals surface area contributed by atoms with Crippen LogP contribution < -0.4 is 64.2 Å². The fourth-order valence-electron chi connectivity index (χ4n) is 11.5. The summed E-state index contributed by atoms with van der Waals surface area (Å²) in [5, 5.41) is 70.5. The zero-order valence-corrected chi connectivity index (χ0v) is 61.1. The molecule has 0 aliphatic heterocycles. The number of fused-ring (bicyclic) bond motifs is 1. The molecule has 0 fully saturated rings. The molecule has 108 heavy (non-hydrogen) atoms. The summed E-state index contributed by atoms with van der Waals surface area (Å²) in [5.41, 5.74) is 9.48. The second kappa shape index (κ2) is 43.0. The first-order valence-corrected chi connectivity index (χ1v) is 36.2. The molecule has 0 aliphatic carbocycles. The number of imidazole rings is 2. The van der Waals surface area contributed by atoms with Crippen molar-refractivity contribution < 1.29 is 78.0 Å². The summed E-state index contributed by atoms with van der Waals surface area (Å²) in [6, 6.07) is 15.1. The third kappa shape index (κ3) is 26.2. The number of hydrogen-bond acceptors (Lipinski definition) is 20. The summed E-state index contributed by atoms with van der Waals surface area (Å²) < 4.78 is 0. The topological polar surface area (TPSA) is 517 Å². The Balaban J connectivity index is 1.16. The minimum absolute atomic E-state index is 0.0248. The number of para-hydroxylation sites is 1. The number of nitrogens with zero attached hydrogens (tertiary/aromatic N) is 2. The SMILES string of the molecule is CC(O)[C@H](NC(=O)[C@H](Cc1ccccc1)NC(=O)[C@@H](NC(=O)[C@H](CCCCN)NC(=O)[C@@H](Cc1c[nH]c2ccccc12)NC(=O)[C@H](Cc1ccccc1)NC(=O)[C@H](Cc1ccccc1)NC(=O)[C@H](Cc1c[nH]cn1)NC(=O)[C@H](Cc1c[nH]cn1)NC(=O)CCS)C(C)O)C(=O)N[C@@H](CO)C(=O)N[C@@H](CS)C(=O)O. The Morgan fingerprint density at radius 2 is 0.806 bits per heavy atom. The van der Waals surface area contributed by atoms with E-state index in [1.807, 2.05) is 0 Å².